The minimum absolute atomic E-state index is 0.117. The molecule has 80 valence electrons. The van der Waals surface area contributed by atoms with Crippen LogP contribution in [0.4, 0.5) is 0 Å². The number of hydrogen-bond acceptors (Lipinski definition) is 3. The highest BCUT2D eigenvalue weighted by Gasteiger charge is 2.13. The van der Waals surface area contributed by atoms with Crippen molar-refractivity contribution in [2.45, 2.75) is 13.3 Å². The van der Waals surface area contributed by atoms with Gasteiger partial charge in [0.2, 0.25) is 0 Å². The van der Waals surface area contributed by atoms with Gasteiger partial charge >= 0.3 is 0 Å². The van der Waals surface area contributed by atoms with Gasteiger partial charge in [0.25, 0.3) is 0 Å². The first-order chi connectivity index (χ1) is 7.75. The van der Waals surface area contributed by atoms with Crippen LogP contribution in [0.3, 0.4) is 0 Å². The van der Waals surface area contributed by atoms with Gasteiger partial charge in [-0.3, -0.25) is 4.79 Å². The predicted octanol–water partition coefficient (Wildman–Crippen LogP) is 3.31. The molecule has 3 aromatic rings. The van der Waals surface area contributed by atoms with E-state index in [0.717, 1.165) is 27.5 Å². The summed E-state index contributed by atoms with van der Waals surface area (Å²) in [6, 6.07) is 5.67. The average Bonchev–Trinajstić information content (AvgIpc) is 2.83. The molecule has 0 aliphatic heterocycles. The number of carbonyl (C=O) groups excluding carboxylic acids is 1. The van der Waals surface area contributed by atoms with Gasteiger partial charge in [-0.15, -0.1) is 0 Å². The first kappa shape index (κ1) is 9.21. The van der Waals surface area contributed by atoms with Crippen molar-refractivity contribution in [1.29, 1.82) is 0 Å². The lowest BCUT2D eigenvalue weighted by molar-refractivity contribution is -0.116. The molecule has 3 heteroatoms. The van der Waals surface area contributed by atoms with E-state index in [9.17, 15) is 4.79 Å². The van der Waals surface area contributed by atoms with E-state index in [0.29, 0.717) is 6.42 Å². The molecular formula is C13H10O3. The zero-order chi connectivity index (χ0) is 11.1. The van der Waals surface area contributed by atoms with Crippen LogP contribution in [0.2, 0.25) is 0 Å². The van der Waals surface area contributed by atoms with E-state index < -0.39 is 0 Å². The van der Waals surface area contributed by atoms with Gasteiger partial charge < -0.3 is 8.83 Å². The first-order valence-electron chi connectivity index (χ1n) is 5.11. The number of rotatable bonds is 2. The minimum Gasteiger partial charge on any atom is -0.464 e. The molecule has 0 bridgehead atoms. The van der Waals surface area contributed by atoms with Crippen LogP contribution in [0.15, 0.2) is 39.6 Å². The van der Waals surface area contributed by atoms with E-state index in [1.54, 1.807) is 19.5 Å². The number of carbonyl (C=O) groups is 1. The van der Waals surface area contributed by atoms with Gasteiger partial charge in [0.05, 0.1) is 12.5 Å². The summed E-state index contributed by atoms with van der Waals surface area (Å²) in [6.45, 7) is 1.58. The second-order valence-corrected chi connectivity index (χ2v) is 3.91. The van der Waals surface area contributed by atoms with Crippen molar-refractivity contribution >= 4 is 27.7 Å². The molecule has 0 atom stereocenters. The lowest BCUT2D eigenvalue weighted by atomic mass is 10.0. The molecule has 3 rings (SSSR count). The molecule has 0 spiro atoms. The minimum atomic E-state index is 0.117. The highest BCUT2D eigenvalue weighted by atomic mass is 16.3. The van der Waals surface area contributed by atoms with E-state index >= 15 is 0 Å². The summed E-state index contributed by atoms with van der Waals surface area (Å²) in [5.74, 6) is 0.117. The molecule has 16 heavy (non-hydrogen) atoms. The van der Waals surface area contributed by atoms with Crippen LogP contribution in [-0.4, -0.2) is 5.78 Å². The molecule has 3 nitrogen and oxygen atoms in total. The standard InChI is InChI=1S/C13H10O3/c1-8(14)6-11-10-3-5-15-12(10)7-9-2-4-16-13(9)11/h2-5,7H,6H2,1H3. The fourth-order valence-electron chi connectivity index (χ4n) is 2.05. The van der Waals surface area contributed by atoms with Crippen molar-refractivity contribution in [3.63, 3.8) is 0 Å². The van der Waals surface area contributed by atoms with Crippen LogP contribution < -0.4 is 0 Å². The van der Waals surface area contributed by atoms with Crippen molar-refractivity contribution in [3.8, 4) is 0 Å². The molecule has 1 aromatic carbocycles. The highest BCUT2D eigenvalue weighted by molar-refractivity contribution is 6.00. The van der Waals surface area contributed by atoms with Crippen LogP contribution in [0.25, 0.3) is 21.9 Å². The van der Waals surface area contributed by atoms with Crippen molar-refractivity contribution in [1.82, 2.24) is 0 Å². The van der Waals surface area contributed by atoms with Gasteiger partial charge in [-0.25, -0.2) is 0 Å². The highest BCUT2D eigenvalue weighted by Crippen LogP contribution is 2.30. The molecule has 0 aliphatic rings. The Balaban J connectivity index is 2.41. The number of furan rings is 2. The summed E-state index contributed by atoms with van der Waals surface area (Å²) in [5.41, 5.74) is 2.49. The average molecular weight is 214 g/mol. The fourth-order valence-corrected chi connectivity index (χ4v) is 2.05. The van der Waals surface area contributed by atoms with Crippen LogP contribution in [-0.2, 0) is 11.2 Å². The van der Waals surface area contributed by atoms with Crippen LogP contribution in [0.5, 0.6) is 0 Å². The summed E-state index contributed by atoms with van der Waals surface area (Å²) < 4.78 is 10.8. The van der Waals surface area contributed by atoms with Crippen LogP contribution in [0, 0.1) is 0 Å². The molecule has 0 aliphatic carbocycles. The van der Waals surface area contributed by atoms with E-state index in [1.165, 1.54) is 0 Å². The zero-order valence-corrected chi connectivity index (χ0v) is 8.82. The zero-order valence-electron chi connectivity index (χ0n) is 8.82. The maximum Gasteiger partial charge on any atom is 0.138 e. The van der Waals surface area contributed by atoms with Crippen molar-refractivity contribution in [3.05, 3.63) is 36.3 Å². The monoisotopic (exact) mass is 214 g/mol. The van der Waals surface area contributed by atoms with Crippen LogP contribution >= 0.6 is 0 Å². The van der Waals surface area contributed by atoms with Crippen molar-refractivity contribution < 1.29 is 13.6 Å². The third-order valence-corrected chi connectivity index (χ3v) is 2.70. The normalized spacial score (nSPS) is 11.3. The maximum atomic E-state index is 11.3. The lowest BCUT2D eigenvalue weighted by Gasteiger charge is -2.01. The quantitative estimate of drug-likeness (QED) is 0.657. The van der Waals surface area contributed by atoms with Gasteiger partial charge in [-0.1, -0.05) is 0 Å². The Morgan fingerprint density at radius 3 is 2.88 bits per heavy atom. The maximum absolute atomic E-state index is 11.3. The Bertz CT molecular complexity index is 624. The van der Waals surface area contributed by atoms with Crippen molar-refractivity contribution in [2.24, 2.45) is 0 Å². The molecule has 2 aromatic heterocycles. The summed E-state index contributed by atoms with van der Waals surface area (Å²) in [4.78, 5) is 11.3. The molecule has 0 fully saturated rings. The Labute approximate surface area is 91.6 Å². The topological polar surface area (TPSA) is 43.4 Å². The molecule has 0 saturated heterocycles. The van der Waals surface area contributed by atoms with E-state index in [4.69, 9.17) is 8.83 Å². The molecule has 2 heterocycles. The Morgan fingerprint density at radius 1 is 1.25 bits per heavy atom. The van der Waals surface area contributed by atoms with Gasteiger partial charge in [0, 0.05) is 22.8 Å². The second-order valence-electron chi connectivity index (χ2n) is 3.91. The number of benzene rings is 1. The SMILES string of the molecule is CC(=O)Cc1c2ccoc2cc2ccoc12. The van der Waals surface area contributed by atoms with Crippen LogP contribution in [0.1, 0.15) is 12.5 Å². The Morgan fingerprint density at radius 2 is 2.06 bits per heavy atom. The van der Waals surface area contributed by atoms with E-state index in [1.807, 2.05) is 18.2 Å². The Hall–Kier alpha value is -2.03. The number of fused-ring (bicyclic) bond motifs is 2. The van der Waals surface area contributed by atoms with Gasteiger partial charge in [0.1, 0.15) is 16.9 Å². The first-order valence-corrected chi connectivity index (χ1v) is 5.11. The summed E-state index contributed by atoms with van der Waals surface area (Å²) in [5, 5.41) is 1.93. The third-order valence-electron chi connectivity index (χ3n) is 2.70. The largest absolute Gasteiger partial charge is 0.464 e. The van der Waals surface area contributed by atoms with Gasteiger partial charge in [0.15, 0.2) is 0 Å². The smallest absolute Gasteiger partial charge is 0.138 e. The van der Waals surface area contributed by atoms with Gasteiger partial charge in [-0.05, 0) is 25.1 Å². The van der Waals surface area contributed by atoms with E-state index in [2.05, 4.69) is 0 Å². The second kappa shape index (κ2) is 3.23. The number of hydrogen-bond donors (Lipinski definition) is 0. The molecule has 0 unspecified atom stereocenters. The predicted molar refractivity (Wildman–Crippen MR) is 60.4 cm³/mol. The molecule has 0 N–H and O–H groups in total. The summed E-state index contributed by atoms with van der Waals surface area (Å²) >= 11 is 0. The molecule has 0 saturated carbocycles. The van der Waals surface area contributed by atoms with Crippen molar-refractivity contribution in [2.75, 3.05) is 0 Å². The fraction of sp³-hybridized carbons (Fsp3) is 0.154. The van der Waals surface area contributed by atoms with E-state index in [-0.39, 0.29) is 5.78 Å². The number of ketones is 1. The Kier molecular flexibility index (Phi) is 1.86. The lowest BCUT2D eigenvalue weighted by Crippen LogP contribution is -1.97. The molecular weight excluding hydrogens is 204 g/mol. The van der Waals surface area contributed by atoms with Gasteiger partial charge in [-0.2, -0.15) is 0 Å². The molecule has 0 radical (unpaired) electrons. The summed E-state index contributed by atoms with van der Waals surface area (Å²) in [6.07, 6.45) is 3.64. The third kappa shape index (κ3) is 1.25. The summed E-state index contributed by atoms with van der Waals surface area (Å²) in [7, 11) is 0. The molecule has 0 amide bonds. The number of Topliss-reactive ketones (excluding diaryl/α,β-unsaturated/α-hetero) is 1.